The highest BCUT2D eigenvalue weighted by Crippen LogP contribution is 2.40. The number of hydrogen-bond acceptors (Lipinski definition) is 4. The molecule has 1 aliphatic heterocycles. The molecule has 4 rings (SSSR count). The average Bonchev–Trinajstić information content (AvgIpc) is 3.05. The molecule has 164 valence electrons. The highest BCUT2D eigenvalue weighted by Gasteiger charge is 2.36. The van der Waals surface area contributed by atoms with Crippen LogP contribution in [-0.2, 0) is 11.0 Å². The Hall–Kier alpha value is -2.84. The lowest BCUT2D eigenvalue weighted by Crippen LogP contribution is -2.27. The Balaban J connectivity index is 1.76. The van der Waals surface area contributed by atoms with Crippen molar-refractivity contribution in [2.45, 2.75) is 19.5 Å². The van der Waals surface area contributed by atoms with Gasteiger partial charge in [0.05, 0.1) is 22.8 Å². The standard InChI is InChI=1S/C24H18F3NO2S2/c1-2-12-30-20-11-10-15-6-3-4-9-18(15)19(20)14-21-22(29)28(23(31)32-21)17-8-5-7-16(13-17)24(25,26)27/h3-11,13-14H,2,12H2,1H3/b21-14+. The molecule has 1 amide bonds. The highest BCUT2D eigenvalue weighted by atomic mass is 32.2. The van der Waals surface area contributed by atoms with E-state index in [4.69, 9.17) is 17.0 Å². The van der Waals surface area contributed by atoms with Crippen molar-refractivity contribution in [1.29, 1.82) is 0 Å². The van der Waals surface area contributed by atoms with Gasteiger partial charge in [-0.2, -0.15) is 13.2 Å². The van der Waals surface area contributed by atoms with Gasteiger partial charge in [0, 0.05) is 5.56 Å². The molecule has 0 atom stereocenters. The summed E-state index contributed by atoms with van der Waals surface area (Å²) in [7, 11) is 0. The minimum absolute atomic E-state index is 0.0890. The molecule has 0 unspecified atom stereocenters. The third-order valence-electron chi connectivity index (χ3n) is 4.89. The number of nitrogens with zero attached hydrogens (tertiary/aromatic N) is 1. The molecular weight excluding hydrogens is 455 g/mol. The number of benzene rings is 3. The Labute approximate surface area is 192 Å². The lowest BCUT2D eigenvalue weighted by molar-refractivity contribution is -0.137. The van der Waals surface area contributed by atoms with Gasteiger partial charge in [0.2, 0.25) is 0 Å². The van der Waals surface area contributed by atoms with Gasteiger partial charge < -0.3 is 4.74 Å². The first-order valence-corrected chi connectivity index (χ1v) is 11.1. The third-order valence-corrected chi connectivity index (χ3v) is 6.20. The van der Waals surface area contributed by atoms with E-state index >= 15 is 0 Å². The fourth-order valence-corrected chi connectivity index (χ4v) is 4.69. The Bertz CT molecular complexity index is 1240. The van der Waals surface area contributed by atoms with Gasteiger partial charge in [0.15, 0.2) is 4.32 Å². The number of hydrogen-bond donors (Lipinski definition) is 0. The van der Waals surface area contributed by atoms with Crippen molar-refractivity contribution in [3.63, 3.8) is 0 Å². The highest BCUT2D eigenvalue weighted by molar-refractivity contribution is 8.27. The SMILES string of the molecule is CCCOc1ccc2ccccc2c1/C=C1/SC(=S)N(c2cccc(C(F)(F)F)c2)C1=O. The van der Waals surface area contributed by atoms with Crippen molar-refractivity contribution >= 4 is 56.7 Å². The van der Waals surface area contributed by atoms with Crippen LogP contribution in [0.5, 0.6) is 5.75 Å². The van der Waals surface area contributed by atoms with E-state index in [1.54, 1.807) is 6.08 Å². The van der Waals surface area contributed by atoms with E-state index in [0.717, 1.165) is 51.6 Å². The predicted molar refractivity (Wildman–Crippen MR) is 127 cm³/mol. The summed E-state index contributed by atoms with van der Waals surface area (Å²) in [6, 6.07) is 16.1. The van der Waals surface area contributed by atoms with Gasteiger partial charge in [-0.1, -0.05) is 67.3 Å². The number of carbonyl (C=O) groups is 1. The molecule has 0 radical (unpaired) electrons. The lowest BCUT2D eigenvalue weighted by Gasteiger charge is -2.16. The maximum atomic E-state index is 13.2. The third kappa shape index (κ3) is 4.38. The van der Waals surface area contributed by atoms with Crippen LogP contribution in [0, 0.1) is 0 Å². The first kappa shape index (κ1) is 22.4. The maximum absolute atomic E-state index is 13.2. The first-order valence-electron chi connectivity index (χ1n) is 9.89. The van der Waals surface area contributed by atoms with Crippen LogP contribution in [0.2, 0.25) is 0 Å². The molecule has 0 N–H and O–H groups in total. The van der Waals surface area contributed by atoms with Gasteiger partial charge in [0.1, 0.15) is 5.75 Å². The average molecular weight is 474 g/mol. The Morgan fingerprint density at radius 2 is 1.88 bits per heavy atom. The van der Waals surface area contributed by atoms with Crippen LogP contribution >= 0.6 is 24.0 Å². The molecule has 3 nitrogen and oxygen atoms in total. The summed E-state index contributed by atoms with van der Waals surface area (Å²) in [5.41, 5.74) is -0.00970. The first-order chi connectivity index (χ1) is 15.3. The summed E-state index contributed by atoms with van der Waals surface area (Å²) in [6.45, 7) is 2.52. The van der Waals surface area contributed by atoms with Gasteiger partial charge >= 0.3 is 6.18 Å². The maximum Gasteiger partial charge on any atom is 0.416 e. The summed E-state index contributed by atoms with van der Waals surface area (Å²) >= 11 is 6.40. The van der Waals surface area contributed by atoms with E-state index in [9.17, 15) is 18.0 Å². The van der Waals surface area contributed by atoms with Crippen molar-refractivity contribution in [2.24, 2.45) is 0 Å². The van der Waals surface area contributed by atoms with Crippen LogP contribution in [0.15, 0.2) is 65.6 Å². The predicted octanol–water partition coefficient (Wildman–Crippen LogP) is 7.05. The molecule has 3 aromatic rings. The van der Waals surface area contributed by atoms with E-state index in [1.165, 1.54) is 12.1 Å². The van der Waals surface area contributed by atoms with Gasteiger partial charge in [-0.15, -0.1) is 0 Å². The topological polar surface area (TPSA) is 29.5 Å². The summed E-state index contributed by atoms with van der Waals surface area (Å²) in [5, 5.41) is 1.89. The number of thioether (sulfide) groups is 1. The zero-order valence-corrected chi connectivity index (χ0v) is 18.6. The van der Waals surface area contributed by atoms with Crippen LogP contribution in [0.3, 0.4) is 0 Å². The number of carbonyl (C=O) groups excluding carboxylic acids is 1. The number of anilines is 1. The molecule has 0 aromatic heterocycles. The number of halogens is 3. The number of thiocarbonyl (C=S) groups is 1. The van der Waals surface area contributed by atoms with Crippen molar-refractivity contribution < 1.29 is 22.7 Å². The zero-order chi connectivity index (χ0) is 22.9. The molecule has 0 saturated carbocycles. The second-order valence-electron chi connectivity index (χ2n) is 7.11. The molecule has 1 heterocycles. The van der Waals surface area contributed by atoms with Crippen molar-refractivity contribution in [3.05, 3.63) is 76.7 Å². The van der Waals surface area contributed by atoms with Crippen LogP contribution in [-0.4, -0.2) is 16.8 Å². The molecule has 1 aliphatic rings. The molecule has 0 spiro atoms. The van der Waals surface area contributed by atoms with E-state index in [1.807, 2.05) is 43.3 Å². The molecule has 32 heavy (non-hydrogen) atoms. The Kier molecular flexibility index (Phi) is 6.26. The molecular formula is C24H18F3NO2S2. The van der Waals surface area contributed by atoms with E-state index in [2.05, 4.69) is 0 Å². The van der Waals surface area contributed by atoms with E-state index in [-0.39, 0.29) is 10.0 Å². The van der Waals surface area contributed by atoms with Crippen molar-refractivity contribution in [2.75, 3.05) is 11.5 Å². The number of amides is 1. The Morgan fingerprint density at radius 3 is 2.62 bits per heavy atom. The minimum Gasteiger partial charge on any atom is -0.493 e. The van der Waals surface area contributed by atoms with Gasteiger partial charge in [-0.3, -0.25) is 9.69 Å². The van der Waals surface area contributed by atoms with Crippen LogP contribution < -0.4 is 9.64 Å². The quantitative estimate of drug-likeness (QED) is 0.293. The summed E-state index contributed by atoms with van der Waals surface area (Å²) < 4.78 is 45.5. The fourth-order valence-electron chi connectivity index (χ4n) is 3.41. The molecule has 8 heteroatoms. The van der Waals surface area contributed by atoms with Gasteiger partial charge in [-0.05, 0) is 47.5 Å². The number of ether oxygens (including phenoxy) is 1. The zero-order valence-electron chi connectivity index (χ0n) is 17.0. The largest absolute Gasteiger partial charge is 0.493 e. The number of fused-ring (bicyclic) bond motifs is 1. The summed E-state index contributed by atoms with van der Waals surface area (Å²) in [5.74, 6) is 0.170. The minimum atomic E-state index is -4.51. The molecule has 1 fully saturated rings. The van der Waals surface area contributed by atoms with E-state index in [0.29, 0.717) is 17.3 Å². The second kappa shape index (κ2) is 8.96. The summed E-state index contributed by atoms with van der Waals surface area (Å²) in [6.07, 6.45) is -1.98. The number of alkyl halides is 3. The molecule has 3 aromatic carbocycles. The lowest BCUT2D eigenvalue weighted by atomic mass is 10.0. The molecule has 0 bridgehead atoms. The van der Waals surface area contributed by atoms with Crippen LogP contribution in [0.1, 0.15) is 24.5 Å². The number of rotatable bonds is 5. The molecule has 1 saturated heterocycles. The van der Waals surface area contributed by atoms with Crippen LogP contribution in [0.25, 0.3) is 16.8 Å². The Morgan fingerprint density at radius 1 is 1.09 bits per heavy atom. The smallest absolute Gasteiger partial charge is 0.416 e. The van der Waals surface area contributed by atoms with Crippen molar-refractivity contribution in [1.82, 2.24) is 0 Å². The second-order valence-corrected chi connectivity index (χ2v) is 8.79. The van der Waals surface area contributed by atoms with Gasteiger partial charge in [-0.25, -0.2) is 0 Å². The van der Waals surface area contributed by atoms with E-state index < -0.39 is 17.6 Å². The summed E-state index contributed by atoms with van der Waals surface area (Å²) in [4.78, 5) is 14.6. The van der Waals surface area contributed by atoms with Gasteiger partial charge in [0.25, 0.3) is 5.91 Å². The van der Waals surface area contributed by atoms with Crippen LogP contribution in [0.4, 0.5) is 18.9 Å². The fraction of sp³-hybridized carbons (Fsp3) is 0.167. The monoisotopic (exact) mass is 473 g/mol. The van der Waals surface area contributed by atoms with Crippen molar-refractivity contribution in [3.8, 4) is 5.75 Å². The molecule has 0 aliphatic carbocycles. The normalized spacial score (nSPS) is 15.8.